The van der Waals surface area contributed by atoms with Gasteiger partial charge in [0.15, 0.2) is 0 Å². The summed E-state index contributed by atoms with van der Waals surface area (Å²) >= 11 is 0. The molecule has 72 valence electrons. The normalized spacial score (nSPS) is 20.2. The Bertz CT molecular complexity index is 221. The Labute approximate surface area is 76.9 Å². The second-order valence-electron chi connectivity index (χ2n) is 2.92. The molecule has 0 spiro atoms. The van der Waals surface area contributed by atoms with Crippen LogP contribution >= 0.6 is 0 Å². The molecule has 1 rings (SSSR count). The second kappa shape index (κ2) is 4.77. The van der Waals surface area contributed by atoms with Crippen molar-refractivity contribution >= 4 is 11.9 Å². The van der Waals surface area contributed by atoms with Crippen LogP contribution in [0.15, 0.2) is 12.7 Å². The fraction of sp³-hybridized carbons (Fsp3) is 0.556. The van der Waals surface area contributed by atoms with Crippen LogP contribution in [0.5, 0.6) is 0 Å². The van der Waals surface area contributed by atoms with Crippen LogP contribution < -0.4 is 5.32 Å². The van der Waals surface area contributed by atoms with Gasteiger partial charge in [-0.05, 0) is 19.4 Å². The molecule has 4 nitrogen and oxygen atoms in total. The van der Waals surface area contributed by atoms with E-state index in [1.807, 2.05) is 0 Å². The highest BCUT2D eigenvalue weighted by atomic mass is 16.6. The average Bonchev–Trinajstić information content (AvgIpc) is 1.97. The highest BCUT2D eigenvalue weighted by Crippen LogP contribution is 2.05. The molecule has 0 aromatic heterocycles. The fourth-order valence-electron chi connectivity index (χ4n) is 0.944. The minimum atomic E-state index is -0.474. The van der Waals surface area contributed by atoms with E-state index in [0.29, 0.717) is 6.42 Å². The van der Waals surface area contributed by atoms with Gasteiger partial charge in [-0.25, -0.2) is 4.79 Å². The van der Waals surface area contributed by atoms with E-state index in [2.05, 4.69) is 16.6 Å². The summed E-state index contributed by atoms with van der Waals surface area (Å²) in [7, 11) is 0. The Morgan fingerprint density at radius 1 is 1.62 bits per heavy atom. The lowest BCUT2D eigenvalue weighted by molar-refractivity contribution is -0.162. The molecule has 1 N–H and O–H groups in total. The van der Waals surface area contributed by atoms with Crippen LogP contribution in [-0.2, 0) is 14.3 Å². The Morgan fingerprint density at radius 2 is 2.31 bits per heavy atom. The first kappa shape index (κ1) is 9.92. The van der Waals surface area contributed by atoms with E-state index >= 15 is 0 Å². The monoisotopic (exact) mass is 183 g/mol. The Balaban J connectivity index is 2.18. The summed E-state index contributed by atoms with van der Waals surface area (Å²) in [5.74, 6) is -0.932. The van der Waals surface area contributed by atoms with E-state index in [9.17, 15) is 9.59 Å². The molecule has 0 saturated carbocycles. The molecule has 1 heterocycles. The van der Waals surface area contributed by atoms with Crippen LogP contribution in [0.3, 0.4) is 0 Å². The maximum atomic E-state index is 11.1. The van der Waals surface area contributed by atoms with E-state index < -0.39 is 11.9 Å². The smallest absolute Gasteiger partial charge is 0.330 e. The van der Waals surface area contributed by atoms with Crippen molar-refractivity contribution in [3.05, 3.63) is 12.7 Å². The van der Waals surface area contributed by atoms with E-state index in [-0.39, 0.29) is 12.5 Å². The van der Waals surface area contributed by atoms with Crippen molar-refractivity contribution < 1.29 is 14.3 Å². The molecule has 1 fully saturated rings. The van der Waals surface area contributed by atoms with Gasteiger partial charge in [0.2, 0.25) is 0 Å². The third-order valence-electron chi connectivity index (χ3n) is 1.88. The molecule has 1 saturated heterocycles. The molecule has 13 heavy (non-hydrogen) atoms. The summed E-state index contributed by atoms with van der Waals surface area (Å²) in [6, 6.07) is -0.271. The van der Waals surface area contributed by atoms with Crippen molar-refractivity contribution in [3.8, 4) is 0 Å². The molecular weight excluding hydrogens is 170 g/mol. The van der Waals surface area contributed by atoms with Crippen LogP contribution in [-0.4, -0.2) is 24.5 Å². The minimum Gasteiger partial charge on any atom is -0.392 e. The Hall–Kier alpha value is -1.16. The molecule has 1 unspecified atom stereocenters. The zero-order valence-corrected chi connectivity index (χ0v) is 7.41. The lowest BCUT2D eigenvalue weighted by Crippen LogP contribution is -2.49. The minimum absolute atomic E-state index is 0.224. The number of carbonyl (C=O) groups excluding carboxylic acids is 2. The lowest BCUT2D eigenvalue weighted by atomic mass is 10.1. The number of hydrogen-bond acceptors (Lipinski definition) is 4. The Morgan fingerprint density at radius 3 is 2.77 bits per heavy atom. The predicted molar refractivity (Wildman–Crippen MR) is 46.9 cm³/mol. The van der Waals surface area contributed by atoms with Crippen molar-refractivity contribution in [2.24, 2.45) is 0 Å². The number of carbonyl (C=O) groups is 2. The van der Waals surface area contributed by atoms with E-state index in [1.165, 1.54) is 0 Å². The molecular formula is C9H13NO3. The first-order valence-electron chi connectivity index (χ1n) is 4.33. The van der Waals surface area contributed by atoms with Crippen LogP contribution in [0.2, 0.25) is 0 Å². The van der Waals surface area contributed by atoms with Gasteiger partial charge >= 0.3 is 11.9 Å². The van der Waals surface area contributed by atoms with E-state index in [0.717, 1.165) is 13.0 Å². The van der Waals surface area contributed by atoms with Crippen molar-refractivity contribution in [1.82, 2.24) is 5.32 Å². The summed E-state index contributed by atoms with van der Waals surface area (Å²) in [4.78, 5) is 22.0. The van der Waals surface area contributed by atoms with Gasteiger partial charge in [-0.3, -0.25) is 4.79 Å². The maximum Gasteiger partial charge on any atom is 0.330 e. The first-order chi connectivity index (χ1) is 6.24. The molecule has 0 aromatic rings. The summed E-state index contributed by atoms with van der Waals surface area (Å²) in [5, 5.41) is 2.86. The molecule has 1 aliphatic rings. The van der Waals surface area contributed by atoms with Gasteiger partial charge in [-0.1, -0.05) is 6.08 Å². The van der Waals surface area contributed by atoms with Gasteiger partial charge in [0.25, 0.3) is 0 Å². The van der Waals surface area contributed by atoms with Crippen molar-refractivity contribution in [2.75, 3.05) is 6.54 Å². The van der Waals surface area contributed by atoms with Gasteiger partial charge in [-0.15, -0.1) is 6.58 Å². The summed E-state index contributed by atoms with van der Waals surface area (Å²) < 4.78 is 4.57. The summed E-state index contributed by atoms with van der Waals surface area (Å²) in [6.07, 6.45) is 3.15. The van der Waals surface area contributed by atoms with Crippen LogP contribution in [0.1, 0.15) is 19.3 Å². The predicted octanol–water partition coefficient (Wildman–Crippen LogP) is 0.384. The highest BCUT2D eigenvalue weighted by Gasteiger charge is 2.27. The molecule has 0 radical (unpaired) electrons. The highest BCUT2D eigenvalue weighted by molar-refractivity contribution is 5.88. The number of esters is 2. The molecule has 0 aromatic carbocycles. The SMILES string of the molecule is C=CCCC(=O)OC(=O)C1CCN1. The number of nitrogens with one attached hydrogen (secondary N) is 1. The lowest BCUT2D eigenvalue weighted by Gasteiger charge is -2.24. The summed E-state index contributed by atoms with van der Waals surface area (Å²) in [6.45, 7) is 4.29. The van der Waals surface area contributed by atoms with Crippen LogP contribution in [0.4, 0.5) is 0 Å². The van der Waals surface area contributed by atoms with E-state index in [1.54, 1.807) is 6.08 Å². The Kier molecular flexibility index (Phi) is 3.64. The molecule has 4 heteroatoms. The zero-order chi connectivity index (χ0) is 9.68. The quantitative estimate of drug-likeness (QED) is 0.389. The van der Waals surface area contributed by atoms with Crippen molar-refractivity contribution in [2.45, 2.75) is 25.3 Å². The molecule has 0 amide bonds. The van der Waals surface area contributed by atoms with Gasteiger partial charge in [0.1, 0.15) is 6.04 Å². The third-order valence-corrected chi connectivity index (χ3v) is 1.88. The van der Waals surface area contributed by atoms with Crippen molar-refractivity contribution in [3.63, 3.8) is 0 Å². The topological polar surface area (TPSA) is 55.4 Å². The van der Waals surface area contributed by atoms with Crippen molar-refractivity contribution in [1.29, 1.82) is 0 Å². The first-order valence-corrected chi connectivity index (χ1v) is 4.33. The standard InChI is InChI=1S/C9H13NO3/c1-2-3-4-8(11)13-9(12)7-5-6-10-7/h2,7,10H,1,3-6H2. The molecule has 1 atom stereocenters. The average molecular weight is 183 g/mol. The molecule has 1 aliphatic heterocycles. The summed E-state index contributed by atoms with van der Waals surface area (Å²) in [5.41, 5.74) is 0. The van der Waals surface area contributed by atoms with E-state index in [4.69, 9.17) is 0 Å². The van der Waals surface area contributed by atoms with Crippen LogP contribution in [0, 0.1) is 0 Å². The molecule has 0 aliphatic carbocycles. The number of hydrogen-bond donors (Lipinski definition) is 1. The third kappa shape index (κ3) is 2.99. The van der Waals surface area contributed by atoms with Crippen LogP contribution in [0.25, 0.3) is 0 Å². The van der Waals surface area contributed by atoms with Gasteiger partial charge in [-0.2, -0.15) is 0 Å². The van der Waals surface area contributed by atoms with Gasteiger partial charge in [0.05, 0.1) is 0 Å². The number of ether oxygens (including phenoxy) is 1. The maximum absolute atomic E-state index is 11.1. The van der Waals surface area contributed by atoms with Gasteiger partial charge < -0.3 is 10.1 Å². The molecule has 0 bridgehead atoms. The zero-order valence-electron chi connectivity index (χ0n) is 7.41. The van der Waals surface area contributed by atoms with Gasteiger partial charge in [0, 0.05) is 6.42 Å². The second-order valence-corrected chi connectivity index (χ2v) is 2.92. The number of allylic oxidation sites excluding steroid dienone is 1. The fourth-order valence-corrected chi connectivity index (χ4v) is 0.944. The largest absolute Gasteiger partial charge is 0.392 e. The number of rotatable bonds is 4.